The van der Waals surface area contributed by atoms with E-state index in [9.17, 15) is 4.79 Å². The highest BCUT2D eigenvalue weighted by Crippen LogP contribution is 2.14. The Bertz CT molecular complexity index is 654. The summed E-state index contributed by atoms with van der Waals surface area (Å²) in [6, 6.07) is 8.64. The molecule has 2 rings (SSSR count). The predicted octanol–water partition coefficient (Wildman–Crippen LogP) is 1.34. The minimum Gasteiger partial charge on any atom is -0.382 e. The first kappa shape index (κ1) is 17.4. The van der Waals surface area contributed by atoms with Crippen molar-refractivity contribution in [1.29, 1.82) is 10.7 Å². The molecule has 0 aliphatic carbocycles. The normalized spacial score (nSPS) is 15.4. The van der Waals surface area contributed by atoms with Crippen LogP contribution in [0.25, 0.3) is 0 Å². The first-order valence-electron chi connectivity index (χ1n) is 7.79. The van der Waals surface area contributed by atoms with E-state index in [2.05, 4.69) is 20.7 Å². The van der Waals surface area contributed by atoms with Crippen LogP contribution in [0.3, 0.4) is 0 Å². The van der Waals surface area contributed by atoms with E-state index in [-0.39, 0.29) is 11.6 Å². The van der Waals surface area contributed by atoms with Gasteiger partial charge in [-0.2, -0.15) is 10.4 Å². The van der Waals surface area contributed by atoms with Crippen molar-refractivity contribution in [3.05, 3.63) is 24.3 Å². The molecule has 1 fully saturated rings. The van der Waals surface area contributed by atoms with Gasteiger partial charge in [0.15, 0.2) is 5.84 Å². The van der Waals surface area contributed by atoms with E-state index < -0.39 is 5.84 Å². The molecule has 8 heteroatoms. The van der Waals surface area contributed by atoms with Crippen LogP contribution in [0, 0.1) is 16.7 Å². The number of nitrogens with one attached hydrogen (secondary N) is 3. The highest BCUT2D eigenvalue weighted by molar-refractivity contribution is 6.45. The second kappa shape index (κ2) is 8.64. The molecule has 1 saturated heterocycles. The lowest BCUT2D eigenvalue weighted by Gasteiger charge is -2.25. The van der Waals surface area contributed by atoms with Crippen LogP contribution in [0.5, 0.6) is 0 Å². The summed E-state index contributed by atoms with van der Waals surface area (Å²) in [5, 5.41) is 22.5. The van der Waals surface area contributed by atoms with Crippen molar-refractivity contribution in [2.75, 3.05) is 30.4 Å². The first-order valence-corrected chi connectivity index (χ1v) is 7.79. The van der Waals surface area contributed by atoms with Gasteiger partial charge in [-0.3, -0.25) is 20.5 Å². The Morgan fingerprint density at radius 2 is 1.88 bits per heavy atom. The molecular weight excluding hydrogens is 306 g/mol. The quantitative estimate of drug-likeness (QED) is 0.356. The minimum atomic E-state index is -0.397. The molecule has 5 N–H and O–H groups in total. The smallest absolute Gasteiger partial charge is 0.238 e. The number of hydrazone groups is 1. The topological polar surface area (TPSA) is 130 Å². The van der Waals surface area contributed by atoms with Crippen LogP contribution in [0.4, 0.5) is 11.4 Å². The van der Waals surface area contributed by atoms with Crippen molar-refractivity contribution in [2.24, 2.45) is 10.8 Å². The molecule has 0 saturated carbocycles. The lowest BCUT2D eigenvalue weighted by atomic mass is 10.1. The molecule has 0 unspecified atom stereocenters. The molecule has 24 heavy (non-hydrogen) atoms. The Morgan fingerprint density at radius 3 is 2.46 bits per heavy atom. The van der Waals surface area contributed by atoms with E-state index in [4.69, 9.17) is 16.4 Å². The lowest BCUT2D eigenvalue weighted by molar-refractivity contribution is -0.117. The van der Waals surface area contributed by atoms with Gasteiger partial charge in [0.2, 0.25) is 11.6 Å². The summed E-state index contributed by atoms with van der Waals surface area (Å²) in [7, 11) is 0. The second-order valence-electron chi connectivity index (χ2n) is 5.56. The molecule has 0 spiro atoms. The third-order valence-corrected chi connectivity index (χ3v) is 3.64. The zero-order chi connectivity index (χ0) is 17.4. The van der Waals surface area contributed by atoms with Gasteiger partial charge in [-0.05, 0) is 50.2 Å². The summed E-state index contributed by atoms with van der Waals surface area (Å²) in [5.74, 6) is -0.425. The number of carbonyl (C=O) groups excluding carboxylic acids is 1. The van der Waals surface area contributed by atoms with Crippen molar-refractivity contribution in [3.8, 4) is 6.07 Å². The fraction of sp³-hybridized carbons (Fsp3) is 0.375. The Labute approximate surface area is 140 Å². The molecule has 126 valence electrons. The third-order valence-electron chi connectivity index (χ3n) is 3.64. The van der Waals surface area contributed by atoms with E-state index in [0.717, 1.165) is 25.9 Å². The SMILES string of the molecule is N#C/C(=N\Nc1ccc(NC(=O)CN2CCCCC2)cc1)C(=N)N. The van der Waals surface area contributed by atoms with Crippen LogP contribution in [-0.4, -0.2) is 42.0 Å². The number of benzene rings is 1. The predicted molar refractivity (Wildman–Crippen MR) is 93.9 cm³/mol. The van der Waals surface area contributed by atoms with Gasteiger partial charge in [0.05, 0.1) is 12.2 Å². The molecule has 0 bridgehead atoms. The van der Waals surface area contributed by atoms with Crippen LogP contribution in [-0.2, 0) is 4.79 Å². The summed E-state index contributed by atoms with van der Waals surface area (Å²) >= 11 is 0. The highest BCUT2D eigenvalue weighted by Gasteiger charge is 2.13. The van der Waals surface area contributed by atoms with Gasteiger partial charge in [0.1, 0.15) is 6.07 Å². The Hall–Kier alpha value is -2.92. The fourth-order valence-electron chi connectivity index (χ4n) is 2.42. The summed E-state index contributed by atoms with van der Waals surface area (Å²) in [5.41, 5.74) is 8.98. The molecule has 8 nitrogen and oxygen atoms in total. The molecular formula is C16H21N7O. The molecule has 1 aliphatic heterocycles. The minimum absolute atomic E-state index is 0.0287. The number of rotatable bonds is 6. The van der Waals surface area contributed by atoms with E-state index in [0.29, 0.717) is 17.9 Å². The van der Waals surface area contributed by atoms with Crippen molar-refractivity contribution in [2.45, 2.75) is 19.3 Å². The maximum absolute atomic E-state index is 12.0. The second-order valence-corrected chi connectivity index (χ2v) is 5.56. The standard InChI is InChI=1S/C16H21N7O/c17-10-14(16(18)19)22-21-13-6-4-12(5-7-13)20-15(24)11-23-8-2-1-3-9-23/h4-7,21H,1-3,8-9,11H2,(H3,18,19)(H,20,24)/b22-14+. The Balaban J connectivity index is 1.86. The van der Waals surface area contributed by atoms with Crippen molar-refractivity contribution in [3.63, 3.8) is 0 Å². The molecule has 1 amide bonds. The van der Waals surface area contributed by atoms with E-state index in [1.165, 1.54) is 6.42 Å². The summed E-state index contributed by atoms with van der Waals surface area (Å²) in [4.78, 5) is 14.2. The van der Waals surface area contributed by atoms with Gasteiger partial charge in [0.25, 0.3) is 0 Å². The number of nitrogens with two attached hydrogens (primary N) is 1. The number of hydrogen-bond acceptors (Lipinski definition) is 6. The van der Waals surface area contributed by atoms with Crippen molar-refractivity contribution in [1.82, 2.24) is 4.90 Å². The number of amides is 1. The summed E-state index contributed by atoms with van der Waals surface area (Å²) < 4.78 is 0. The molecule has 1 aromatic carbocycles. The number of nitriles is 1. The van der Waals surface area contributed by atoms with E-state index in [1.54, 1.807) is 30.3 Å². The summed E-state index contributed by atoms with van der Waals surface area (Å²) in [6.45, 7) is 2.37. The zero-order valence-corrected chi connectivity index (χ0v) is 13.4. The molecule has 1 heterocycles. The number of piperidine rings is 1. The summed E-state index contributed by atoms with van der Waals surface area (Å²) in [6.07, 6.45) is 3.55. The van der Waals surface area contributed by atoms with Crippen molar-refractivity contribution >= 4 is 28.8 Å². The van der Waals surface area contributed by atoms with Crippen LogP contribution in [0.1, 0.15) is 19.3 Å². The number of amidine groups is 1. The molecule has 0 radical (unpaired) electrons. The molecule has 0 aromatic heterocycles. The van der Waals surface area contributed by atoms with Crippen LogP contribution in [0.15, 0.2) is 29.4 Å². The fourth-order valence-corrected chi connectivity index (χ4v) is 2.42. The van der Waals surface area contributed by atoms with Crippen molar-refractivity contribution < 1.29 is 4.79 Å². The number of hydrogen-bond donors (Lipinski definition) is 4. The van der Waals surface area contributed by atoms with Gasteiger partial charge < -0.3 is 11.1 Å². The van der Waals surface area contributed by atoms with Gasteiger partial charge in [-0.15, -0.1) is 0 Å². The van der Waals surface area contributed by atoms with Crippen LogP contribution in [0.2, 0.25) is 0 Å². The van der Waals surface area contributed by atoms with Crippen LogP contribution < -0.4 is 16.5 Å². The molecule has 0 atom stereocenters. The Morgan fingerprint density at radius 1 is 1.25 bits per heavy atom. The molecule has 1 aliphatic rings. The van der Waals surface area contributed by atoms with E-state index in [1.807, 2.05) is 0 Å². The number of likely N-dealkylation sites (tertiary alicyclic amines) is 1. The third kappa shape index (κ3) is 5.37. The maximum atomic E-state index is 12.0. The van der Waals surface area contributed by atoms with Gasteiger partial charge in [0, 0.05) is 5.69 Å². The highest BCUT2D eigenvalue weighted by atomic mass is 16.2. The van der Waals surface area contributed by atoms with Gasteiger partial charge in [-0.1, -0.05) is 6.42 Å². The average molecular weight is 327 g/mol. The number of anilines is 2. The van der Waals surface area contributed by atoms with Gasteiger partial charge in [-0.25, -0.2) is 0 Å². The van der Waals surface area contributed by atoms with E-state index >= 15 is 0 Å². The molecule has 1 aromatic rings. The first-order chi connectivity index (χ1) is 11.6. The van der Waals surface area contributed by atoms with Crippen LogP contribution >= 0.6 is 0 Å². The maximum Gasteiger partial charge on any atom is 0.238 e. The monoisotopic (exact) mass is 327 g/mol. The largest absolute Gasteiger partial charge is 0.382 e. The number of nitrogens with zero attached hydrogens (tertiary/aromatic N) is 3. The average Bonchev–Trinajstić information content (AvgIpc) is 2.57. The zero-order valence-electron chi connectivity index (χ0n) is 13.4. The van der Waals surface area contributed by atoms with Gasteiger partial charge >= 0.3 is 0 Å². The lowest BCUT2D eigenvalue weighted by Crippen LogP contribution is -2.36. The number of carbonyl (C=O) groups is 1. The Kier molecular flexibility index (Phi) is 6.28.